The molecule has 2 nitrogen and oxygen atoms in total. The van der Waals surface area contributed by atoms with Crippen LogP contribution in [0.15, 0.2) is 89.0 Å². The minimum atomic E-state index is -0.0479. The molecule has 0 fully saturated rings. The van der Waals surface area contributed by atoms with E-state index < -0.39 is 0 Å². The lowest BCUT2D eigenvalue weighted by molar-refractivity contribution is 1.28. The van der Waals surface area contributed by atoms with Crippen LogP contribution in [0.4, 0.5) is 0 Å². The Morgan fingerprint density at radius 3 is 2.20 bits per heavy atom. The third-order valence-corrected chi connectivity index (χ3v) is 6.54. The van der Waals surface area contributed by atoms with E-state index in [2.05, 4.69) is 67.4 Å². The number of aromatic nitrogens is 1. The highest BCUT2D eigenvalue weighted by atomic mass is 32.1. The fraction of sp³-hybridized carbons (Fsp3) is 0.0741. The highest BCUT2D eigenvalue weighted by Crippen LogP contribution is 2.38. The maximum Gasteiger partial charge on any atom is 0.257 e. The summed E-state index contributed by atoms with van der Waals surface area (Å²) >= 11 is 1.60. The molecule has 0 bridgehead atoms. The van der Waals surface area contributed by atoms with Gasteiger partial charge < -0.3 is 4.98 Å². The smallest absolute Gasteiger partial charge is 0.257 e. The maximum absolute atomic E-state index is 13.2. The number of fused-ring (bicyclic) bond motifs is 1. The predicted octanol–water partition coefficient (Wildman–Crippen LogP) is 7.21. The van der Waals surface area contributed by atoms with Crippen molar-refractivity contribution in [2.24, 2.45) is 0 Å². The van der Waals surface area contributed by atoms with Gasteiger partial charge in [0.25, 0.3) is 5.56 Å². The number of aromatic amines is 1. The van der Waals surface area contributed by atoms with Crippen molar-refractivity contribution in [2.45, 2.75) is 13.8 Å². The number of hydrogen-bond acceptors (Lipinski definition) is 2. The molecule has 3 aromatic carbocycles. The Kier molecular flexibility index (Phi) is 4.61. The van der Waals surface area contributed by atoms with Crippen LogP contribution in [-0.2, 0) is 0 Å². The lowest BCUT2D eigenvalue weighted by Crippen LogP contribution is -2.11. The maximum atomic E-state index is 13.2. The molecule has 0 aliphatic rings. The third-order valence-electron chi connectivity index (χ3n) is 5.65. The zero-order valence-electron chi connectivity index (χ0n) is 16.9. The quantitative estimate of drug-likeness (QED) is 0.337. The normalized spacial score (nSPS) is 11.1. The molecule has 0 saturated carbocycles. The Balaban J connectivity index is 1.87. The van der Waals surface area contributed by atoms with Crippen LogP contribution < -0.4 is 5.56 Å². The van der Waals surface area contributed by atoms with Gasteiger partial charge in [0.15, 0.2) is 0 Å². The van der Waals surface area contributed by atoms with Crippen molar-refractivity contribution >= 4 is 22.2 Å². The van der Waals surface area contributed by atoms with E-state index >= 15 is 0 Å². The Hall–Kier alpha value is -3.43. The van der Waals surface area contributed by atoms with E-state index in [1.54, 1.807) is 11.3 Å². The van der Waals surface area contributed by atoms with E-state index in [9.17, 15) is 4.79 Å². The average Bonchev–Trinajstić information content (AvgIpc) is 3.29. The Bertz CT molecular complexity index is 1410. The molecule has 2 aromatic heterocycles. The first kappa shape index (κ1) is 18.6. The van der Waals surface area contributed by atoms with Crippen molar-refractivity contribution in [1.82, 2.24) is 4.98 Å². The van der Waals surface area contributed by atoms with Crippen LogP contribution in [-0.4, -0.2) is 4.98 Å². The van der Waals surface area contributed by atoms with Crippen LogP contribution in [0.25, 0.3) is 43.6 Å². The molecule has 0 saturated heterocycles. The summed E-state index contributed by atoms with van der Waals surface area (Å²) in [6.45, 7) is 4.20. The van der Waals surface area contributed by atoms with Gasteiger partial charge in [-0.3, -0.25) is 4.79 Å². The van der Waals surface area contributed by atoms with Gasteiger partial charge in [0.2, 0.25) is 0 Å². The van der Waals surface area contributed by atoms with Gasteiger partial charge in [0, 0.05) is 21.3 Å². The molecule has 0 atom stereocenters. The fourth-order valence-corrected chi connectivity index (χ4v) is 4.77. The zero-order chi connectivity index (χ0) is 20.7. The van der Waals surface area contributed by atoms with Gasteiger partial charge in [-0.1, -0.05) is 54.6 Å². The van der Waals surface area contributed by atoms with Gasteiger partial charge in [-0.2, -0.15) is 0 Å². The Morgan fingerprint density at radius 2 is 1.43 bits per heavy atom. The summed E-state index contributed by atoms with van der Waals surface area (Å²) < 4.78 is 0. The van der Waals surface area contributed by atoms with E-state index in [4.69, 9.17) is 0 Å². The molecule has 0 amide bonds. The second kappa shape index (κ2) is 7.43. The zero-order valence-corrected chi connectivity index (χ0v) is 17.7. The van der Waals surface area contributed by atoms with Crippen LogP contribution in [0, 0.1) is 13.8 Å². The lowest BCUT2D eigenvalue weighted by atomic mass is 9.91. The Labute approximate surface area is 179 Å². The van der Waals surface area contributed by atoms with Crippen LogP contribution in [0.3, 0.4) is 0 Å². The first-order valence-electron chi connectivity index (χ1n) is 9.99. The number of thiophene rings is 1. The summed E-state index contributed by atoms with van der Waals surface area (Å²) in [4.78, 5) is 17.3. The van der Waals surface area contributed by atoms with E-state index in [1.165, 1.54) is 11.1 Å². The molecular formula is C27H21NOS. The molecule has 2 heterocycles. The second-order valence-electron chi connectivity index (χ2n) is 7.61. The van der Waals surface area contributed by atoms with Crippen molar-refractivity contribution in [3.05, 3.63) is 106 Å². The SMILES string of the molecule is Cc1cc2[nH]c(=O)c(-c3cccs3)c(-c3cccc(-c4ccccc4)c3)c2cc1C. The number of aryl methyl sites for hydroxylation is 2. The van der Waals surface area contributed by atoms with E-state index in [0.717, 1.165) is 43.6 Å². The van der Waals surface area contributed by atoms with E-state index in [-0.39, 0.29) is 5.56 Å². The first-order chi connectivity index (χ1) is 14.6. The standard InChI is InChI=1S/C27H21NOS/c1-17-14-22-23(15-18(17)2)28-27(29)26(24-12-7-13-30-24)25(22)21-11-6-10-20(16-21)19-8-4-3-5-9-19/h3-16H,1-2H3,(H,28,29). The number of pyridine rings is 1. The van der Waals surface area contributed by atoms with Crippen molar-refractivity contribution in [2.75, 3.05) is 0 Å². The van der Waals surface area contributed by atoms with Crippen LogP contribution in [0.2, 0.25) is 0 Å². The number of nitrogens with one attached hydrogen (secondary N) is 1. The van der Waals surface area contributed by atoms with Crippen LogP contribution in [0.1, 0.15) is 11.1 Å². The molecule has 5 aromatic rings. The van der Waals surface area contributed by atoms with Crippen LogP contribution >= 0.6 is 11.3 Å². The molecule has 0 radical (unpaired) electrons. The van der Waals surface area contributed by atoms with Crippen molar-refractivity contribution in [3.8, 4) is 32.7 Å². The summed E-state index contributed by atoms with van der Waals surface area (Å²) in [5, 5.41) is 3.09. The highest BCUT2D eigenvalue weighted by Gasteiger charge is 2.18. The van der Waals surface area contributed by atoms with Gasteiger partial charge >= 0.3 is 0 Å². The summed E-state index contributed by atoms with van der Waals surface area (Å²) in [7, 11) is 0. The second-order valence-corrected chi connectivity index (χ2v) is 8.56. The molecule has 0 aliphatic heterocycles. The van der Waals surface area contributed by atoms with Gasteiger partial charge in [-0.15, -0.1) is 11.3 Å². The summed E-state index contributed by atoms with van der Waals surface area (Å²) in [6, 6.07) is 27.1. The van der Waals surface area contributed by atoms with Gasteiger partial charge in [-0.05, 0) is 71.3 Å². The molecule has 146 valence electrons. The Morgan fingerprint density at radius 1 is 0.700 bits per heavy atom. The molecule has 5 rings (SSSR count). The van der Waals surface area contributed by atoms with E-state index in [0.29, 0.717) is 0 Å². The minimum Gasteiger partial charge on any atom is -0.321 e. The number of hydrogen-bond donors (Lipinski definition) is 1. The molecule has 0 aliphatic carbocycles. The monoisotopic (exact) mass is 407 g/mol. The summed E-state index contributed by atoms with van der Waals surface area (Å²) in [5.74, 6) is 0. The summed E-state index contributed by atoms with van der Waals surface area (Å²) in [6.07, 6.45) is 0. The average molecular weight is 408 g/mol. The van der Waals surface area contributed by atoms with Gasteiger partial charge in [-0.25, -0.2) is 0 Å². The summed E-state index contributed by atoms with van der Waals surface area (Å²) in [5.41, 5.74) is 8.32. The minimum absolute atomic E-state index is 0.0479. The largest absolute Gasteiger partial charge is 0.321 e. The highest BCUT2D eigenvalue weighted by molar-refractivity contribution is 7.13. The van der Waals surface area contributed by atoms with Crippen molar-refractivity contribution in [1.29, 1.82) is 0 Å². The number of rotatable bonds is 3. The van der Waals surface area contributed by atoms with Gasteiger partial charge in [0.1, 0.15) is 0 Å². The third kappa shape index (κ3) is 3.17. The topological polar surface area (TPSA) is 32.9 Å². The number of H-pyrrole nitrogens is 1. The molecule has 0 unspecified atom stereocenters. The van der Waals surface area contributed by atoms with Crippen molar-refractivity contribution < 1.29 is 0 Å². The predicted molar refractivity (Wildman–Crippen MR) is 128 cm³/mol. The lowest BCUT2D eigenvalue weighted by Gasteiger charge is -2.15. The van der Waals surface area contributed by atoms with E-state index in [1.807, 2.05) is 35.7 Å². The number of benzene rings is 3. The molecule has 0 spiro atoms. The first-order valence-corrected chi connectivity index (χ1v) is 10.9. The van der Waals surface area contributed by atoms with Gasteiger partial charge in [0.05, 0.1) is 5.56 Å². The molecular weight excluding hydrogens is 386 g/mol. The van der Waals surface area contributed by atoms with Crippen molar-refractivity contribution in [3.63, 3.8) is 0 Å². The molecule has 3 heteroatoms. The molecule has 30 heavy (non-hydrogen) atoms. The van der Waals surface area contributed by atoms with Crippen LogP contribution in [0.5, 0.6) is 0 Å². The molecule has 1 N–H and O–H groups in total. The fourth-order valence-electron chi connectivity index (χ4n) is 4.00.